The van der Waals surface area contributed by atoms with Crippen LogP contribution in [0.1, 0.15) is 42.9 Å². The zero-order valence-corrected chi connectivity index (χ0v) is 17.4. The van der Waals surface area contributed by atoms with Gasteiger partial charge in [-0.15, -0.1) is 11.3 Å². The minimum Gasteiger partial charge on any atom is -0.496 e. The number of carbonyl (C=O) groups is 1. The Balaban J connectivity index is 2.46. The van der Waals surface area contributed by atoms with Crippen LogP contribution >= 0.6 is 22.9 Å². The van der Waals surface area contributed by atoms with Gasteiger partial charge in [0, 0.05) is 29.2 Å². The van der Waals surface area contributed by atoms with Gasteiger partial charge in [-0.3, -0.25) is 4.79 Å². The molecule has 0 spiro atoms. The molecular weight excluding hydrogens is 372 g/mol. The topological polar surface area (TPSA) is 52.8 Å². The second-order valence-electron chi connectivity index (χ2n) is 6.78. The number of amides is 1. The number of thiazole rings is 1. The summed E-state index contributed by atoms with van der Waals surface area (Å²) in [5.41, 5.74) is 0.324. The lowest BCUT2D eigenvalue weighted by Crippen LogP contribution is -2.19. The van der Waals surface area contributed by atoms with Crippen molar-refractivity contribution in [1.29, 1.82) is 0 Å². The van der Waals surface area contributed by atoms with Gasteiger partial charge in [-0.2, -0.15) is 4.99 Å². The molecule has 5 nitrogen and oxygen atoms in total. The third-order valence-corrected chi connectivity index (χ3v) is 5.41. The average molecular weight is 397 g/mol. The smallest absolute Gasteiger partial charge is 0.283 e. The number of rotatable bonds is 6. The van der Waals surface area contributed by atoms with Crippen LogP contribution in [0.15, 0.2) is 29.4 Å². The summed E-state index contributed by atoms with van der Waals surface area (Å²) < 4.78 is 12.7. The van der Waals surface area contributed by atoms with Crippen molar-refractivity contribution in [2.24, 2.45) is 4.99 Å². The summed E-state index contributed by atoms with van der Waals surface area (Å²) in [6.45, 7) is 10.2. The van der Waals surface area contributed by atoms with Crippen molar-refractivity contribution in [1.82, 2.24) is 4.57 Å². The van der Waals surface area contributed by atoms with E-state index in [2.05, 4.69) is 25.8 Å². The Kier molecular flexibility index (Phi) is 7.03. The Bertz CT molecular complexity index is 834. The van der Waals surface area contributed by atoms with Crippen molar-refractivity contribution in [3.8, 4) is 5.75 Å². The van der Waals surface area contributed by atoms with Gasteiger partial charge in [-0.05, 0) is 30.5 Å². The van der Waals surface area contributed by atoms with Crippen molar-refractivity contribution in [2.75, 3.05) is 20.3 Å². The van der Waals surface area contributed by atoms with Crippen LogP contribution in [0.25, 0.3) is 0 Å². The molecule has 0 saturated carbocycles. The van der Waals surface area contributed by atoms with Gasteiger partial charge < -0.3 is 14.0 Å². The molecule has 0 unspecified atom stereocenters. The highest BCUT2D eigenvalue weighted by Gasteiger charge is 2.19. The molecule has 26 heavy (non-hydrogen) atoms. The summed E-state index contributed by atoms with van der Waals surface area (Å²) in [4.78, 5) is 18.9. The van der Waals surface area contributed by atoms with Gasteiger partial charge in [0.1, 0.15) is 5.75 Å². The first-order chi connectivity index (χ1) is 12.3. The van der Waals surface area contributed by atoms with Gasteiger partial charge in [-0.1, -0.05) is 32.4 Å². The molecule has 0 atom stereocenters. The van der Waals surface area contributed by atoms with Crippen LogP contribution in [0.2, 0.25) is 5.02 Å². The Labute approximate surface area is 163 Å². The quantitative estimate of drug-likeness (QED) is 0.684. The highest BCUT2D eigenvalue weighted by molar-refractivity contribution is 7.09. The van der Waals surface area contributed by atoms with E-state index in [4.69, 9.17) is 21.1 Å². The third kappa shape index (κ3) is 5.19. The number of nitrogens with zero attached hydrogens (tertiary/aromatic N) is 2. The first-order valence-electron chi connectivity index (χ1n) is 8.47. The number of hydrogen-bond acceptors (Lipinski definition) is 4. The summed E-state index contributed by atoms with van der Waals surface area (Å²) in [6.07, 6.45) is 2.05. The molecular formula is C19H25ClN2O3S. The molecule has 0 aliphatic rings. The van der Waals surface area contributed by atoms with Gasteiger partial charge >= 0.3 is 0 Å². The van der Waals surface area contributed by atoms with E-state index in [1.807, 2.05) is 17.7 Å². The molecule has 0 aliphatic carbocycles. The zero-order valence-electron chi connectivity index (χ0n) is 15.8. The van der Waals surface area contributed by atoms with Gasteiger partial charge in [0.2, 0.25) is 0 Å². The monoisotopic (exact) mass is 396 g/mol. The molecule has 1 heterocycles. The minimum atomic E-state index is -0.378. The average Bonchev–Trinajstić information content (AvgIpc) is 2.98. The fourth-order valence-electron chi connectivity index (χ4n) is 2.28. The zero-order chi connectivity index (χ0) is 19.3. The van der Waals surface area contributed by atoms with Crippen molar-refractivity contribution < 1.29 is 14.3 Å². The Morgan fingerprint density at radius 1 is 1.35 bits per heavy atom. The maximum absolute atomic E-state index is 12.7. The van der Waals surface area contributed by atoms with E-state index in [9.17, 15) is 4.79 Å². The van der Waals surface area contributed by atoms with Gasteiger partial charge in [0.15, 0.2) is 4.80 Å². The summed E-state index contributed by atoms with van der Waals surface area (Å²) in [6, 6.07) is 4.93. The molecule has 0 aliphatic heterocycles. The number of halogens is 1. The van der Waals surface area contributed by atoms with Crippen molar-refractivity contribution in [2.45, 2.75) is 39.7 Å². The highest BCUT2D eigenvalue weighted by atomic mass is 35.5. The van der Waals surface area contributed by atoms with E-state index in [1.165, 1.54) is 18.4 Å². The van der Waals surface area contributed by atoms with Crippen molar-refractivity contribution in [3.05, 3.63) is 44.7 Å². The summed E-state index contributed by atoms with van der Waals surface area (Å²) >= 11 is 7.54. The molecule has 0 fully saturated rings. The Hall–Kier alpha value is -1.63. The molecule has 2 rings (SSSR count). The number of ether oxygens (including phenoxy) is 2. The number of hydrogen-bond donors (Lipinski definition) is 0. The molecule has 1 aromatic carbocycles. The van der Waals surface area contributed by atoms with Crippen LogP contribution in [-0.4, -0.2) is 30.8 Å². The van der Waals surface area contributed by atoms with Crippen LogP contribution in [0, 0.1) is 0 Å². The van der Waals surface area contributed by atoms with Crippen LogP contribution in [0.4, 0.5) is 0 Å². The predicted octanol–water partition coefficient (Wildman–Crippen LogP) is 4.29. The van der Waals surface area contributed by atoms with Gasteiger partial charge in [0.05, 0.1) is 19.3 Å². The second kappa shape index (κ2) is 8.84. The molecule has 0 radical (unpaired) electrons. The Morgan fingerprint density at radius 3 is 2.69 bits per heavy atom. The maximum atomic E-state index is 12.7. The standard InChI is InChI=1S/C19H25ClN2O3S/c1-6-25-10-9-22-12-16(19(2,3)4)26-18(22)21-17(23)14-11-13(20)7-8-15(14)24-5/h7-8,11-12H,6,9-10H2,1-5H3/b21-18-. The van der Waals surface area contributed by atoms with Gasteiger partial charge in [-0.25, -0.2) is 0 Å². The molecule has 0 saturated heterocycles. The molecule has 7 heteroatoms. The minimum absolute atomic E-state index is 0.0252. The van der Waals surface area contributed by atoms with Gasteiger partial charge in [0.25, 0.3) is 5.91 Å². The van der Waals surface area contributed by atoms with E-state index in [-0.39, 0.29) is 11.3 Å². The van der Waals surface area contributed by atoms with E-state index in [0.717, 1.165) is 4.88 Å². The first kappa shape index (κ1) is 20.7. The van der Waals surface area contributed by atoms with E-state index >= 15 is 0 Å². The molecule has 1 aromatic heterocycles. The molecule has 1 amide bonds. The van der Waals surface area contributed by atoms with Crippen molar-refractivity contribution >= 4 is 28.8 Å². The predicted molar refractivity (Wildman–Crippen MR) is 105 cm³/mol. The van der Waals surface area contributed by atoms with Crippen LogP contribution in [0.3, 0.4) is 0 Å². The fourth-order valence-corrected chi connectivity index (χ4v) is 3.52. The third-order valence-electron chi connectivity index (χ3n) is 3.73. The lowest BCUT2D eigenvalue weighted by atomic mass is 9.95. The second-order valence-corrected chi connectivity index (χ2v) is 8.23. The molecule has 0 N–H and O–H groups in total. The SMILES string of the molecule is CCOCCn1cc(C(C)(C)C)s/c1=N\C(=O)c1cc(Cl)ccc1OC. The normalized spacial score (nSPS) is 12.5. The maximum Gasteiger partial charge on any atom is 0.283 e. The van der Waals surface area contributed by atoms with E-state index < -0.39 is 0 Å². The fraction of sp³-hybridized carbons (Fsp3) is 0.474. The van der Waals surface area contributed by atoms with Crippen LogP contribution in [-0.2, 0) is 16.7 Å². The van der Waals surface area contributed by atoms with Crippen LogP contribution in [0.5, 0.6) is 5.75 Å². The summed E-state index contributed by atoms with van der Waals surface area (Å²) in [5, 5.41) is 0.468. The molecule has 0 bridgehead atoms. The lowest BCUT2D eigenvalue weighted by molar-refractivity contribution is 0.0993. The molecule has 2 aromatic rings. The largest absolute Gasteiger partial charge is 0.496 e. The number of carbonyl (C=O) groups excluding carboxylic acids is 1. The lowest BCUT2D eigenvalue weighted by Gasteiger charge is -2.14. The summed E-state index contributed by atoms with van der Waals surface area (Å²) in [7, 11) is 1.52. The number of aromatic nitrogens is 1. The summed E-state index contributed by atoms with van der Waals surface area (Å²) in [5.74, 6) is 0.0773. The molecule has 142 valence electrons. The van der Waals surface area contributed by atoms with E-state index in [1.54, 1.807) is 18.2 Å². The number of benzene rings is 1. The van der Waals surface area contributed by atoms with E-state index in [0.29, 0.717) is 40.9 Å². The Morgan fingerprint density at radius 2 is 2.08 bits per heavy atom. The van der Waals surface area contributed by atoms with Crippen molar-refractivity contribution in [3.63, 3.8) is 0 Å². The first-order valence-corrected chi connectivity index (χ1v) is 9.66. The number of methoxy groups -OCH3 is 1. The highest BCUT2D eigenvalue weighted by Crippen LogP contribution is 2.25. The van der Waals surface area contributed by atoms with Crippen LogP contribution < -0.4 is 9.54 Å².